The quantitative estimate of drug-likeness (QED) is 0.293. The molecule has 0 bridgehead atoms. The Morgan fingerprint density at radius 3 is 2.53 bits per heavy atom. The van der Waals surface area contributed by atoms with E-state index in [2.05, 4.69) is 15.5 Å². The summed E-state index contributed by atoms with van der Waals surface area (Å²) >= 11 is 0. The minimum absolute atomic E-state index is 0.151. The van der Waals surface area contributed by atoms with Crippen LogP contribution in [0, 0.1) is 0 Å². The number of nitrogens with two attached hydrogens (primary N) is 1. The lowest BCUT2D eigenvalue weighted by atomic mass is 10.2. The maximum Gasteiger partial charge on any atom is 0.232 e. The average molecular weight is 266 g/mol. The third-order valence-corrected chi connectivity index (χ3v) is 1.82. The second kappa shape index (κ2) is 7.06. The molecule has 0 unspecified atom stereocenters. The first kappa shape index (κ1) is 14.6. The van der Waals surface area contributed by atoms with Gasteiger partial charge in [0.2, 0.25) is 11.9 Å². The van der Waals surface area contributed by atoms with Crippen LogP contribution in [-0.4, -0.2) is 33.8 Å². The lowest BCUT2D eigenvalue weighted by molar-refractivity contribution is -0.329. The Morgan fingerprint density at radius 2 is 2.00 bits per heavy atom. The molecule has 1 rings (SSSR count). The number of carbonyl (C=O) groups excluding carboxylic acids is 1. The number of rotatable bonds is 4. The molecule has 0 aromatic heterocycles. The van der Waals surface area contributed by atoms with Crippen LogP contribution in [0.1, 0.15) is 12.5 Å². The number of anilines is 1. The number of nitrogens with one attached hydrogen (secondary N) is 2. The highest BCUT2D eigenvalue weighted by Crippen LogP contribution is 2.07. The highest BCUT2D eigenvalue weighted by atomic mass is 16.8. The summed E-state index contributed by atoms with van der Waals surface area (Å²) in [6, 6.07) is 6.85. The number of nitrogens with zero attached hydrogens (tertiary/aromatic N) is 3. The SMILES string of the molecule is CC(=O)Nc1ccc(C=NN=C(N)NN(O)O)cc1. The normalized spacial score (nSPS) is 11.9. The number of guanidine groups is 1. The van der Waals surface area contributed by atoms with Gasteiger partial charge in [-0.25, -0.2) is 5.43 Å². The van der Waals surface area contributed by atoms with Gasteiger partial charge in [-0.15, -0.1) is 5.10 Å². The van der Waals surface area contributed by atoms with Crippen LogP contribution in [0.5, 0.6) is 0 Å². The van der Waals surface area contributed by atoms with Crippen LogP contribution < -0.4 is 16.5 Å². The molecule has 0 saturated heterocycles. The monoisotopic (exact) mass is 266 g/mol. The molecule has 9 heteroatoms. The molecule has 0 radical (unpaired) electrons. The van der Waals surface area contributed by atoms with Gasteiger partial charge in [0, 0.05) is 17.9 Å². The molecule has 0 aliphatic rings. The van der Waals surface area contributed by atoms with Crippen LogP contribution in [0.3, 0.4) is 0 Å². The molecule has 0 aliphatic heterocycles. The fraction of sp³-hybridized carbons (Fsp3) is 0.100. The van der Waals surface area contributed by atoms with E-state index in [-0.39, 0.29) is 17.2 Å². The lowest BCUT2D eigenvalue weighted by Gasteiger charge is -2.05. The van der Waals surface area contributed by atoms with Gasteiger partial charge in [0.25, 0.3) is 0 Å². The minimum atomic E-state index is -0.337. The van der Waals surface area contributed by atoms with Crippen LogP contribution in [0.2, 0.25) is 0 Å². The third kappa shape index (κ3) is 6.12. The molecular formula is C10H14N6O3. The fourth-order valence-corrected chi connectivity index (χ4v) is 1.14. The Labute approximate surface area is 108 Å². The predicted octanol–water partition coefficient (Wildman–Crippen LogP) is -0.121. The van der Waals surface area contributed by atoms with Crippen molar-refractivity contribution in [2.45, 2.75) is 6.92 Å². The van der Waals surface area contributed by atoms with Gasteiger partial charge in [-0.2, -0.15) is 5.10 Å². The van der Waals surface area contributed by atoms with E-state index >= 15 is 0 Å². The summed E-state index contributed by atoms with van der Waals surface area (Å²) in [6.07, 6.45) is 1.41. The van der Waals surface area contributed by atoms with Crippen molar-refractivity contribution in [1.29, 1.82) is 0 Å². The Hall–Kier alpha value is -2.49. The first-order valence-corrected chi connectivity index (χ1v) is 5.16. The van der Waals surface area contributed by atoms with Crippen molar-refractivity contribution >= 4 is 23.8 Å². The van der Waals surface area contributed by atoms with Crippen molar-refractivity contribution in [2.75, 3.05) is 5.32 Å². The van der Waals surface area contributed by atoms with Crippen LogP contribution in [0.4, 0.5) is 5.69 Å². The Morgan fingerprint density at radius 1 is 1.37 bits per heavy atom. The molecule has 102 valence electrons. The van der Waals surface area contributed by atoms with Crippen molar-refractivity contribution in [3.63, 3.8) is 0 Å². The van der Waals surface area contributed by atoms with Crippen molar-refractivity contribution in [1.82, 2.24) is 10.8 Å². The van der Waals surface area contributed by atoms with Crippen LogP contribution in [-0.2, 0) is 4.79 Å². The first-order valence-electron chi connectivity index (χ1n) is 5.16. The lowest BCUT2D eigenvalue weighted by Crippen LogP contribution is -2.41. The standard InChI is InChI=1S/C10H14N6O3/c1-7(17)13-9-4-2-8(3-5-9)6-12-14-10(11)15-16(18)19/h2-6,18-19H,1H3,(H,13,17)(H3,11,14,15). The van der Waals surface area contributed by atoms with Crippen molar-refractivity contribution < 1.29 is 15.2 Å². The van der Waals surface area contributed by atoms with E-state index in [0.29, 0.717) is 5.69 Å². The summed E-state index contributed by atoms with van der Waals surface area (Å²) in [5.41, 5.74) is 8.51. The van der Waals surface area contributed by atoms with E-state index in [1.165, 1.54) is 13.1 Å². The Bertz CT molecular complexity index is 483. The van der Waals surface area contributed by atoms with E-state index in [0.717, 1.165) is 5.56 Å². The summed E-state index contributed by atoms with van der Waals surface area (Å²) < 4.78 is 0. The topological polar surface area (TPSA) is 136 Å². The maximum absolute atomic E-state index is 10.8. The van der Waals surface area contributed by atoms with Gasteiger partial charge < -0.3 is 11.1 Å². The van der Waals surface area contributed by atoms with Gasteiger partial charge in [0.15, 0.2) is 0 Å². The molecule has 0 aliphatic carbocycles. The fourth-order valence-electron chi connectivity index (χ4n) is 1.14. The van der Waals surface area contributed by atoms with Gasteiger partial charge in [-0.3, -0.25) is 15.2 Å². The number of hydrogen-bond acceptors (Lipinski definition) is 6. The van der Waals surface area contributed by atoms with Crippen molar-refractivity contribution in [3.05, 3.63) is 29.8 Å². The van der Waals surface area contributed by atoms with E-state index in [4.69, 9.17) is 16.1 Å². The smallest absolute Gasteiger partial charge is 0.232 e. The van der Waals surface area contributed by atoms with E-state index in [9.17, 15) is 4.79 Å². The number of amides is 1. The molecule has 19 heavy (non-hydrogen) atoms. The minimum Gasteiger partial charge on any atom is -0.367 e. The van der Waals surface area contributed by atoms with Gasteiger partial charge in [0.05, 0.1) is 6.21 Å². The summed E-state index contributed by atoms with van der Waals surface area (Å²) in [5.74, 6) is -0.446. The van der Waals surface area contributed by atoms with Crippen LogP contribution in [0.15, 0.2) is 34.5 Å². The van der Waals surface area contributed by atoms with Gasteiger partial charge in [-0.1, -0.05) is 12.1 Å². The average Bonchev–Trinajstić information content (AvgIpc) is 2.29. The molecule has 0 spiro atoms. The zero-order valence-electron chi connectivity index (χ0n) is 10.1. The first-order chi connectivity index (χ1) is 8.97. The third-order valence-electron chi connectivity index (χ3n) is 1.82. The largest absolute Gasteiger partial charge is 0.367 e. The zero-order chi connectivity index (χ0) is 14.3. The molecule has 6 N–H and O–H groups in total. The summed E-state index contributed by atoms with van der Waals surface area (Å²) in [4.78, 5) is 10.8. The molecule has 1 amide bonds. The molecular weight excluding hydrogens is 252 g/mol. The molecule has 0 heterocycles. The summed E-state index contributed by atoms with van der Waals surface area (Å²) in [7, 11) is 0. The molecule has 1 aromatic carbocycles. The van der Waals surface area contributed by atoms with E-state index in [1.54, 1.807) is 24.3 Å². The highest BCUT2D eigenvalue weighted by molar-refractivity contribution is 5.89. The number of benzene rings is 1. The van der Waals surface area contributed by atoms with Crippen molar-refractivity contribution in [3.8, 4) is 0 Å². The highest BCUT2D eigenvalue weighted by Gasteiger charge is 1.95. The zero-order valence-corrected chi connectivity index (χ0v) is 10.1. The second-order valence-electron chi connectivity index (χ2n) is 3.43. The molecule has 0 saturated carbocycles. The molecule has 0 atom stereocenters. The molecule has 1 aromatic rings. The van der Waals surface area contributed by atoms with E-state index < -0.39 is 0 Å². The van der Waals surface area contributed by atoms with Gasteiger partial charge in [-0.05, 0) is 17.7 Å². The summed E-state index contributed by atoms with van der Waals surface area (Å²) in [5, 5.41) is 26.1. The van der Waals surface area contributed by atoms with Crippen LogP contribution in [0.25, 0.3) is 0 Å². The van der Waals surface area contributed by atoms with Crippen molar-refractivity contribution in [2.24, 2.45) is 15.9 Å². The van der Waals surface area contributed by atoms with Gasteiger partial charge >= 0.3 is 0 Å². The van der Waals surface area contributed by atoms with Crippen LogP contribution >= 0.6 is 0 Å². The number of hydrazine groups is 1. The van der Waals surface area contributed by atoms with E-state index in [1.807, 2.05) is 5.43 Å². The number of carbonyl (C=O) groups is 1. The summed E-state index contributed by atoms with van der Waals surface area (Å²) in [6.45, 7) is 1.42. The number of hydrogen-bond donors (Lipinski definition) is 5. The molecule has 9 nitrogen and oxygen atoms in total. The molecule has 0 fully saturated rings. The van der Waals surface area contributed by atoms with Gasteiger partial charge in [0.1, 0.15) is 0 Å². The second-order valence-corrected chi connectivity index (χ2v) is 3.43. The maximum atomic E-state index is 10.8. The predicted molar refractivity (Wildman–Crippen MR) is 68.5 cm³/mol. The Balaban J connectivity index is 2.60. The Kier molecular flexibility index (Phi) is 5.41.